The number of hydrogen-bond acceptors (Lipinski definition) is 5. The Bertz CT molecular complexity index is 1470. The predicted octanol–water partition coefficient (Wildman–Crippen LogP) is 4.82. The number of fused-ring (bicyclic) bond motifs is 2. The predicted molar refractivity (Wildman–Crippen MR) is 135 cm³/mol. The Morgan fingerprint density at radius 3 is 2.38 bits per heavy atom. The van der Waals surface area contributed by atoms with E-state index in [0.717, 1.165) is 40.8 Å². The van der Waals surface area contributed by atoms with Gasteiger partial charge in [0.25, 0.3) is 5.56 Å². The third kappa shape index (κ3) is 4.45. The lowest BCUT2D eigenvalue weighted by Gasteiger charge is -2.11. The zero-order valence-corrected chi connectivity index (χ0v) is 19.1. The number of methoxy groups -OCH3 is 2. The van der Waals surface area contributed by atoms with E-state index in [1.165, 1.54) is 5.56 Å². The lowest BCUT2D eigenvalue weighted by atomic mass is 10.1. The van der Waals surface area contributed by atoms with Crippen molar-refractivity contribution in [2.75, 3.05) is 19.5 Å². The maximum absolute atomic E-state index is 12.6. The molecule has 0 atom stereocenters. The molecule has 0 unspecified atom stereocenters. The summed E-state index contributed by atoms with van der Waals surface area (Å²) in [6, 6.07) is 21.9. The van der Waals surface area contributed by atoms with Gasteiger partial charge >= 0.3 is 0 Å². The molecule has 2 aromatic heterocycles. The third-order valence-electron chi connectivity index (χ3n) is 5.95. The second kappa shape index (κ2) is 9.31. The summed E-state index contributed by atoms with van der Waals surface area (Å²) < 4.78 is 10.7. The van der Waals surface area contributed by atoms with Crippen LogP contribution in [0.2, 0.25) is 0 Å². The van der Waals surface area contributed by atoms with Crippen molar-refractivity contribution < 1.29 is 9.47 Å². The number of para-hydroxylation sites is 2. The Hall–Kier alpha value is -4.26. The summed E-state index contributed by atoms with van der Waals surface area (Å²) in [6.45, 7) is 0.415. The highest BCUT2D eigenvalue weighted by Gasteiger charge is 2.09. The molecule has 0 aliphatic rings. The minimum atomic E-state index is -0.130. The van der Waals surface area contributed by atoms with Crippen molar-refractivity contribution in [1.82, 2.24) is 15.0 Å². The van der Waals surface area contributed by atoms with Crippen molar-refractivity contribution >= 4 is 27.6 Å². The molecule has 0 amide bonds. The van der Waals surface area contributed by atoms with E-state index >= 15 is 0 Å². The lowest BCUT2D eigenvalue weighted by molar-refractivity contribution is 0.356. The molecule has 3 N–H and O–H groups in total. The third-order valence-corrected chi connectivity index (χ3v) is 5.95. The first-order valence-corrected chi connectivity index (χ1v) is 11.2. The molecule has 5 aromatic rings. The van der Waals surface area contributed by atoms with Gasteiger partial charge in [0.2, 0.25) is 0 Å². The fourth-order valence-corrected chi connectivity index (χ4v) is 4.08. The van der Waals surface area contributed by atoms with Crippen LogP contribution < -0.4 is 20.3 Å². The molecule has 0 bridgehead atoms. The van der Waals surface area contributed by atoms with Crippen LogP contribution in [0.3, 0.4) is 0 Å². The first kappa shape index (κ1) is 21.6. The molecule has 34 heavy (non-hydrogen) atoms. The topological polar surface area (TPSA) is 92.0 Å². The van der Waals surface area contributed by atoms with Crippen molar-refractivity contribution in [3.63, 3.8) is 0 Å². The molecule has 2 heterocycles. The molecular formula is C27H26N4O3. The maximum Gasteiger partial charge on any atom is 0.253 e. The lowest BCUT2D eigenvalue weighted by Crippen LogP contribution is -2.15. The minimum absolute atomic E-state index is 0.130. The number of ether oxygens (including phenoxy) is 2. The van der Waals surface area contributed by atoms with Crippen LogP contribution in [0.5, 0.6) is 11.5 Å². The summed E-state index contributed by atoms with van der Waals surface area (Å²) in [4.78, 5) is 23.5. The Kier molecular flexibility index (Phi) is 5.91. The smallest absolute Gasteiger partial charge is 0.253 e. The average Bonchev–Trinajstić information content (AvgIpc) is 3.29. The fraction of sp³-hybridized carbons (Fsp3) is 0.185. The van der Waals surface area contributed by atoms with E-state index in [4.69, 9.17) is 9.47 Å². The normalized spacial score (nSPS) is 11.1. The van der Waals surface area contributed by atoms with Crippen LogP contribution in [0, 0.1) is 0 Å². The van der Waals surface area contributed by atoms with E-state index in [1.807, 2.05) is 48.5 Å². The van der Waals surface area contributed by atoms with Crippen molar-refractivity contribution in [2.24, 2.45) is 0 Å². The summed E-state index contributed by atoms with van der Waals surface area (Å²) >= 11 is 0. The molecule has 3 aromatic carbocycles. The number of hydrogen-bond donors (Lipinski definition) is 3. The Labute approximate surface area is 196 Å². The Morgan fingerprint density at radius 1 is 0.853 bits per heavy atom. The zero-order valence-electron chi connectivity index (χ0n) is 19.1. The molecule has 0 fully saturated rings. The van der Waals surface area contributed by atoms with Gasteiger partial charge in [-0.25, -0.2) is 4.98 Å². The number of nitrogens with zero attached hydrogens (tertiary/aromatic N) is 1. The quantitative estimate of drug-likeness (QED) is 0.313. The number of anilines is 1. The number of benzene rings is 3. The number of nitrogens with one attached hydrogen (secondary N) is 3. The minimum Gasteiger partial charge on any atom is -0.493 e. The van der Waals surface area contributed by atoms with Gasteiger partial charge in [-0.15, -0.1) is 0 Å². The fourth-order valence-electron chi connectivity index (χ4n) is 4.08. The number of imidazole rings is 1. The average molecular weight is 455 g/mol. The molecule has 0 saturated heterocycles. The van der Waals surface area contributed by atoms with Crippen LogP contribution in [0.4, 0.5) is 5.69 Å². The van der Waals surface area contributed by atoms with Crippen LogP contribution in [0.15, 0.2) is 71.5 Å². The zero-order chi connectivity index (χ0) is 23.5. The molecule has 0 radical (unpaired) electrons. The van der Waals surface area contributed by atoms with Crippen molar-refractivity contribution in [1.29, 1.82) is 0 Å². The van der Waals surface area contributed by atoms with Gasteiger partial charge < -0.3 is 24.8 Å². The van der Waals surface area contributed by atoms with E-state index in [1.54, 1.807) is 20.3 Å². The SMILES string of the molecule is COc1cc2cc(CNc3ccc(CCc4nc5ccccc5[nH]4)cc3)c(=O)[nH]c2cc1OC. The van der Waals surface area contributed by atoms with Gasteiger partial charge in [-0.2, -0.15) is 0 Å². The maximum atomic E-state index is 12.6. The van der Waals surface area contributed by atoms with E-state index in [-0.39, 0.29) is 5.56 Å². The molecule has 5 rings (SSSR count). The summed E-state index contributed by atoms with van der Waals surface area (Å²) in [6.07, 6.45) is 1.75. The summed E-state index contributed by atoms with van der Waals surface area (Å²) in [7, 11) is 3.17. The van der Waals surface area contributed by atoms with Gasteiger partial charge in [0.1, 0.15) is 5.82 Å². The van der Waals surface area contributed by atoms with Crippen LogP contribution in [-0.2, 0) is 19.4 Å². The number of H-pyrrole nitrogens is 2. The highest BCUT2D eigenvalue weighted by atomic mass is 16.5. The number of aryl methyl sites for hydroxylation is 2. The first-order valence-electron chi connectivity index (χ1n) is 11.2. The molecule has 7 nitrogen and oxygen atoms in total. The van der Waals surface area contributed by atoms with Gasteiger partial charge in [-0.05, 0) is 48.4 Å². The van der Waals surface area contributed by atoms with Gasteiger partial charge in [-0.1, -0.05) is 24.3 Å². The molecule has 0 spiro atoms. The number of pyridine rings is 1. The Balaban J connectivity index is 1.24. The molecule has 0 aliphatic carbocycles. The molecule has 172 valence electrons. The van der Waals surface area contributed by atoms with Gasteiger partial charge in [-0.3, -0.25) is 4.79 Å². The second-order valence-corrected chi connectivity index (χ2v) is 8.17. The molecule has 0 aliphatic heterocycles. The Morgan fingerprint density at radius 2 is 1.62 bits per heavy atom. The summed E-state index contributed by atoms with van der Waals surface area (Å²) in [5.41, 5.74) is 5.48. The monoisotopic (exact) mass is 454 g/mol. The van der Waals surface area contributed by atoms with Gasteiger partial charge in [0.15, 0.2) is 11.5 Å². The molecular weight excluding hydrogens is 428 g/mol. The van der Waals surface area contributed by atoms with Crippen molar-refractivity contribution in [3.05, 3.63) is 94.0 Å². The number of aromatic amines is 2. The van der Waals surface area contributed by atoms with Crippen LogP contribution in [0.1, 0.15) is 17.0 Å². The molecule has 0 saturated carbocycles. The van der Waals surface area contributed by atoms with E-state index in [9.17, 15) is 4.79 Å². The number of rotatable bonds is 8. The number of aromatic nitrogens is 3. The van der Waals surface area contributed by atoms with Crippen LogP contribution >= 0.6 is 0 Å². The van der Waals surface area contributed by atoms with E-state index in [0.29, 0.717) is 29.1 Å². The van der Waals surface area contributed by atoms with E-state index < -0.39 is 0 Å². The highest BCUT2D eigenvalue weighted by molar-refractivity contribution is 5.83. The van der Waals surface area contributed by atoms with Crippen molar-refractivity contribution in [3.8, 4) is 11.5 Å². The first-order chi connectivity index (χ1) is 16.6. The molecule has 7 heteroatoms. The second-order valence-electron chi connectivity index (χ2n) is 8.17. The van der Waals surface area contributed by atoms with E-state index in [2.05, 4.69) is 32.4 Å². The van der Waals surface area contributed by atoms with Crippen LogP contribution in [0.25, 0.3) is 21.9 Å². The van der Waals surface area contributed by atoms with Crippen LogP contribution in [-0.4, -0.2) is 29.2 Å². The largest absolute Gasteiger partial charge is 0.493 e. The van der Waals surface area contributed by atoms with Crippen molar-refractivity contribution in [2.45, 2.75) is 19.4 Å². The summed E-state index contributed by atoms with van der Waals surface area (Å²) in [5, 5.41) is 4.23. The standard InChI is InChI=1S/C27H26N4O3/c1-33-24-14-18-13-19(27(32)31-23(18)15-25(24)34-2)16-28-20-10-7-17(8-11-20)9-12-26-29-21-5-3-4-6-22(21)30-26/h3-8,10-11,13-15,28H,9,12,16H2,1-2H3,(H,29,30)(H,31,32). The highest BCUT2D eigenvalue weighted by Crippen LogP contribution is 2.31. The summed E-state index contributed by atoms with van der Waals surface area (Å²) in [5.74, 6) is 2.20. The van der Waals surface area contributed by atoms with Gasteiger partial charge in [0, 0.05) is 35.7 Å². The van der Waals surface area contributed by atoms with Gasteiger partial charge in [0.05, 0.1) is 30.8 Å².